The Morgan fingerprint density at radius 2 is 1.89 bits per heavy atom. The highest BCUT2D eigenvalue weighted by atomic mass is 32.1. The second kappa shape index (κ2) is 9.16. The molecule has 0 bridgehead atoms. The summed E-state index contributed by atoms with van der Waals surface area (Å²) in [6.45, 7) is 5.62. The zero-order chi connectivity index (χ0) is 24.7. The fourth-order valence-electron chi connectivity index (χ4n) is 4.06. The van der Waals surface area contributed by atoms with Gasteiger partial charge in [-0.1, -0.05) is 24.3 Å². The number of aryl methyl sites for hydroxylation is 1. The van der Waals surface area contributed by atoms with Crippen molar-refractivity contribution in [3.05, 3.63) is 76.1 Å². The second-order valence-corrected chi connectivity index (χ2v) is 9.98. The first kappa shape index (κ1) is 23.1. The Hall–Kier alpha value is -3.69. The number of fused-ring (bicyclic) bond motifs is 1. The molecule has 0 atom stereocenters. The van der Waals surface area contributed by atoms with Gasteiger partial charge in [-0.05, 0) is 39.0 Å². The Balaban J connectivity index is 1.57. The molecule has 1 aromatic carbocycles. The van der Waals surface area contributed by atoms with Crippen molar-refractivity contribution < 1.29 is 9.59 Å². The van der Waals surface area contributed by atoms with E-state index in [4.69, 9.17) is 9.97 Å². The van der Waals surface area contributed by atoms with Crippen molar-refractivity contribution in [2.24, 2.45) is 7.05 Å². The van der Waals surface area contributed by atoms with E-state index in [0.717, 1.165) is 37.9 Å². The summed E-state index contributed by atoms with van der Waals surface area (Å²) in [5, 5.41) is 2.84. The lowest BCUT2D eigenvalue weighted by Gasteiger charge is -2.14. The van der Waals surface area contributed by atoms with Gasteiger partial charge in [0.15, 0.2) is 0 Å². The maximum absolute atomic E-state index is 13.1. The minimum atomic E-state index is -0.310. The van der Waals surface area contributed by atoms with Gasteiger partial charge >= 0.3 is 0 Å². The van der Waals surface area contributed by atoms with Crippen molar-refractivity contribution in [3.8, 4) is 22.0 Å². The van der Waals surface area contributed by atoms with Crippen molar-refractivity contribution in [2.75, 3.05) is 0 Å². The average Bonchev–Trinajstić information content (AvgIpc) is 3.60. The predicted molar refractivity (Wildman–Crippen MR) is 140 cm³/mol. The third-order valence-electron chi connectivity index (χ3n) is 5.93. The molecular weight excluding hydrogens is 478 g/mol. The molecule has 4 aromatic rings. The maximum Gasteiger partial charge on any atom is 0.261 e. The summed E-state index contributed by atoms with van der Waals surface area (Å²) in [4.78, 5) is 41.3. The molecule has 0 spiro atoms. The molecule has 0 saturated carbocycles. The molecular formula is C26H23N5O2S2. The molecule has 9 heteroatoms. The zero-order valence-corrected chi connectivity index (χ0v) is 21.4. The van der Waals surface area contributed by atoms with E-state index >= 15 is 0 Å². The van der Waals surface area contributed by atoms with Crippen LogP contribution in [0.25, 0.3) is 32.2 Å². The number of thiazole rings is 2. The highest BCUT2D eigenvalue weighted by molar-refractivity contribution is 7.16. The molecule has 0 N–H and O–H groups in total. The molecule has 0 radical (unpaired) electrons. The third-order valence-corrected chi connectivity index (χ3v) is 7.68. The van der Waals surface area contributed by atoms with E-state index in [1.807, 2.05) is 60.6 Å². The number of nitrogens with zero attached hydrogens (tertiary/aromatic N) is 5. The standard InChI is InChI=1S/C26H23N5O2S2/c1-5-6-7-8-18-16(3)25(32)31(26(18)33)12-21-29-22(17-9-10-19-20(11-17)35-14-27-19)23(30(21)4)24-28-15(2)13-34-24/h5-11,13-14H,12H2,1-4H3/b6-5-,8-7-. The molecule has 5 rings (SSSR count). The Morgan fingerprint density at radius 3 is 2.63 bits per heavy atom. The normalized spacial score (nSPS) is 14.7. The van der Waals surface area contributed by atoms with E-state index in [-0.39, 0.29) is 18.4 Å². The number of imidazole rings is 1. The summed E-state index contributed by atoms with van der Waals surface area (Å²) >= 11 is 3.12. The molecule has 35 heavy (non-hydrogen) atoms. The highest BCUT2D eigenvalue weighted by Gasteiger charge is 2.36. The molecule has 7 nitrogen and oxygen atoms in total. The molecule has 3 aromatic heterocycles. The molecule has 1 aliphatic rings. The van der Waals surface area contributed by atoms with Gasteiger partial charge in [-0.25, -0.2) is 15.0 Å². The van der Waals surface area contributed by atoms with Crippen LogP contribution < -0.4 is 0 Å². The lowest BCUT2D eigenvalue weighted by atomic mass is 10.1. The van der Waals surface area contributed by atoms with Crippen LogP contribution in [0.4, 0.5) is 0 Å². The van der Waals surface area contributed by atoms with Crippen LogP contribution in [0.2, 0.25) is 0 Å². The van der Waals surface area contributed by atoms with Gasteiger partial charge in [0.1, 0.15) is 16.5 Å². The first-order chi connectivity index (χ1) is 16.9. The van der Waals surface area contributed by atoms with Gasteiger partial charge in [0.2, 0.25) is 0 Å². The van der Waals surface area contributed by atoms with E-state index in [1.54, 1.807) is 41.7 Å². The fourth-order valence-corrected chi connectivity index (χ4v) is 5.65. The smallest absolute Gasteiger partial charge is 0.261 e. The van der Waals surface area contributed by atoms with Crippen molar-refractivity contribution in [2.45, 2.75) is 27.3 Å². The van der Waals surface area contributed by atoms with E-state index in [9.17, 15) is 9.59 Å². The van der Waals surface area contributed by atoms with E-state index in [1.165, 1.54) is 4.90 Å². The van der Waals surface area contributed by atoms with Gasteiger partial charge in [0.05, 0.1) is 28.0 Å². The largest absolute Gasteiger partial charge is 0.327 e. The number of imide groups is 1. The monoisotopic (exact) mass is 501 g/mol. The summed E-state index contributed by atoms with van der Waals surface area (Å²) in [5.74, 6) is 0.00774. The SMILES string of the molecule is C/C=C\C=C/C1=C(C)C(=O)N(Cc2nc(-c3ccc4ncsc4c3)c(-c3nc(C)cs3)n2C)C1=O. The van der Waals surface area contributed by atoms with Gasteiger partial charge in [-0.3, -0.25) is 14.5 Å². The number of aromatic nitrogens is 4. The summed E-state index contributed by atoms with van der Waals surface area (Å²) in [7, 11) is 1.90. The van der Waals surface area contributed by atoms with Crippen LogP contribution in [-0.2, 0) is 23.2 Å². The van der Waals surface area contributed by atoms with Gasteiger partial charge in [0, 0.05) is 34.8 Å². The highest BCUT2D eigenvalue weighted by Crippen LogP contribution is 2.36. The topological polar surface area (TPSA) is 81.0 Å². The minimum Gasteiger partial charge on any atom is -0.327 e. The number of amides is 2. The zero-order valence-electron chi connectivity index (χ0n) is 19.8. The number of hydrogen-bond acceptors (Lipinski definition) is 7. The van der Waals surface area contributed by atoms with Crippen molar-refractivity contribution in [1.29, 1.82) is 0 Å². The van der Waals surface area contributed by atoms with Crippen LogP contribution in [0, 0.1) is 6.92 Å². The average molecular weight is 502 g/mol. The van der Waals surface area contributed by atoms with E-state index in [0.29, 0.717) is 17.0 Å². The number of hydrogen-bond donors (Lipinski definition) is 0. The lowest BCUT2D eigenvalue weighted by molar-refractivity contribution is -0.138. The first-order valence-electron chi connectivity index (χ1n) is 11.1. The maximum atomic E-state index is 13.1. The summed E-state index contributed by atoms with van der Waals surface area (Å²) in [5.41, 5.74) is 7.11. The predicted octanol–water partition coefficient (Wildman–Crippen LogP) is 5.45. The molecule has 1 aliphatic heterocycles. The quantitative estimate of drug-likeness (QED) is 0.259. The van der Waals surface area contributed by atoms with E-state index < -0.39 is 0 Å². The van der Waals surface area contributed by atoms with Gasteiger partial charge < -0.3 is 4.57 Å². The Bertz CT molecular complexity index is 1570. The van der Waals surface area contributed by atoms with E-state index in [2.05, 4.69) is 11.1 Å². The van der Waals surface area contributed by atoms with Crippen LogP contribution in [0.1, 0.15) is 25.4 Å². The van der Waals surface area contributed by atoms with Gasteiger partial charge in [-0.2, -0.15) is 0 Å². The number of benzene rings is 1. The number of rotatable bonds is 6. The summed E-state index contributed by atoms with van der Waals surface area (Å²) in [6, 6.07) is 6.06. The fraction of sp³-hybridized carbons (Fsp3) is 0.192. The van der Waals surface area contributed by atoms with Crippen LogP contribution in [0.3, 0.4) is 0 Å². The van der Waals surface area contributed by atoms with Crippen molar-refractivity contribution in [3.63, 3.8) is 0 Å². The lowest BCUT2D eigenvalue weighted by Crippen LogP contribution is -2.32. The minimum absolute atomic E-state index is 0.0760. The number of allylic oxidation sites excluding steroid dienone is 3. The molecule has 0 saturated heterocycles. The molecule has 2 amide bonds. The van der Waals surface area contributed by atoms with Crippen LogP contribution in [-0.4, -0.2) is 36.2 Å². The number of carbonyl (C=O) groups excluding carboxylic acids is 2. The molecule has 0 fully saturated rings. The van der Waals surface area contributed by atoms with Crippen LogP contribution in [0.15, 0.2) is 64.5 Å². The summed E-state index contributed by atoms with van der Waals surface area (Å²) in [6.07, 6.45) is 7.15. The Labute approximate surface area is 210 Å². The van der Waals surface area contributed by atoms with Crippen molar-refractivity contribution >= 4 is 44.7 Å². The van der Waals surface area contributed by atoms with Crippen LogP contribution in [0.5, 0.6) is 0 Å². The Morgan fingerprint density at radius 1 is 1.06 bits per heavy atom. The van der Waals surface area contributed by atoms with Crippen molar-refractivity contribution in [1.82, 2.24) is 24.4 Å². The first-order valence-corrected chi connectivity index (χ1v) is 12.8. The molecule has 4 heterocycles. The molecule has 0 unspecified atom stereocenters. The molecule has 176 valence electrons. The number of carbonyl (C=O) groups is 2. The van der Waals surface area contributed by atoms with Gasteiger partial charge in [0.25, 0.3) is 11.8 Å². The Kier molecular flexibility index (Phi) is 6.04. The molecule has 0 aliphatic carbocycles. The third kappa shape index (κ3) is 4.06. The summed E-state index contributed by atoms with van der Waals surface area (Å²) < 4.78 is 3.01. The van der Waals surface area contributed by atoms with Gasteiger partial charge in [-0.15, -0.1) is 22.7 Å². The second-order valence-electron chi connectivity index (χ2n) is 8.23. The van der Waals surface area contributed by atoms with Crippen LogP contribution >= 0.6 is 22.7 Å².